The fraction of sp³-hybridized carbons (Fsp3) is 0.467. The van der Waals surface area contributed by atoms with E-state index in [0.717, 1.165) is 6.54 Å². The summed E-state index contributed by atoms with van der Waals surface area (Å²) in [6, 6.07) is 10.3. The van der Waals surface area contributed by atoms with Crippen molar-refractivity contribution >= 4 is 6.08 Å². The Hall–Kier alpha value is -1.12. The minimum Gasteiger partial charge on any atom is -0.392 e. The number of aliphatic hydroxyl groups is 1. The number of hydrogen-bond donors (Lipinski definition) is 2. The molecular weight excluding hydrogens is 210 g/mol. The van der Waals surface area contributed by atoms with E-state index in [9.17, 15) is 5.11 Å². The van der Waals surface area contributed by atoms with Crippen LogP contribution in [0, 0.1) is 5.92 Å². The van der Waals surface area contributed by atoms with Crippen molar-refractivity contribution < 1.29 is 5.11 Å². The summed E-state index contributed by atoms with van der Waals surface area (Å²) in [6.07, 6.45) is 1.90. The second-order valence-electron chi connectivity index (χ2n) is 4.84. The lowest BCUT2D eigenvalue weighted by Crippen LogP contribution is -2.31. The van der Waals surface area contributed by atoms with Gasteiger partial charge in [-0.2, -0.15) is 0 Å². The molecule has 0 amide bonds. The molecule has 1 unspecified atom stereocenters. The highest BCUT2D eigenvalue weighted by Gasteiger charge is 2.07. The lowest BCUT2D eigenvalue weighted by molar-refractivity contribution is 0.124. The largest absolute Gasteiger partial charge is 0.392 e. The Bertz CT molecular complexity index is 343. The van der Waals surface area contributed by atoms with Crippen molar-refractivity contribution in [3.05, 3.63) is 41.5 Å². The van der Waals surface area contributed by atoms with Crippen molar-refractivity contribution in [2.45, 2.75) is 26.9 Å². The molecule has 0 aliphatic heterocycles. The van der Waals surface area contributed by atoms with Crippen LogP contribution in [0.2, 0.25) is 0 Å². The van der Waals surface area contributed by atoms with Gasteiger partial charge in [0.15, 0.2) is 0 Å². The number of rotatable bonds is 6. The van der Waals surface area contributed by atoms with Gasteiger partial charge in [-0.25, -0.2) is 0 Å². The summed E-state index contributed by atoms with van der Waals surface area (Å²) >= 11 is 0. The fourth-order valence-corrected chi connectivity index (χ4v) is 1.54. The molecule has 1 aromatic rings. The standard InChI is InChI=1S/C15H23NO/c1-12(2)15(17)11-16-10-13(3)9-14-7-5-4-6-8-14/h4-9,12,15-17H,10-11H2,1-3H3/b13-9+. The van der Waals surface area contributed by atoms with Crippen molar-refractivity contribution in [3.63, 3.8) is 0 Å². The van der Waals surface area contributed by atoms with E-state index >= 15 is 0 Å². The molecule has 0 aromatic heterocycles. The minimum absolute atomic E-state index is 0.264. The van der Waals surface area contributed by atoms with E-state index in [1.807, 2.05) is 32.0 Å². The van der Waals surface area contributed by atoms with Gasteiger partial charge in [0.1, 0.15) is 0 Å². The van der Waals surface area contributed by atoms with Crippen molar-refractivity contribution in [2.24, 2.45) is 5.92 Å². The maximum absolute atomic E-state index is 9.65. The Balaban J connectivity index is 2.35. The molecule has 2 heteroatoms. The van der Waals surface area contributed by atoms with Gasteiger partial charge in [-0.1, -0.05) is 55.8 Å². The van der Waals surface area contributed by atoms with Crippen LogP contribution < -0.4 is 5.32 Å². The predicted octanol–water partition coefficient (Wildman–Crippen LogP) is 2.70. The van der Waals surface area contributed by atoms with Crippen molar-refractivity contribution in [1.82, 2.24) is 5.32 Å². The molecule has 2 nitrogen and oxygen atoms in total. The maximum Gasteiger partial charge on any atom is 0.0687 e. The molecule has 0 spiro atoms. The van der Waals surface area contributed by atoms with Crippen molar-refractivity contribution in [2.75, 3.05) is 13.1 Å². The van der Waals surface area contributed by atoms with E-state index in [-0.39, 0.29) is 6.10 Å². The summed E-state index contributed by atoms with van der Waals surface area (Å²) in [6.45, 7) is 7.62. The number of hydrogen-bond acceptors (Lipinski definition) is 2. The highest BCUT2D eigenvalue weighted by Crippen LogP contribution is 2.05. The lowest BCUT2D eigenvalue weighted by Gasteiger charge is -2.15. The minimum atomic E-state index is -0.264. The molecule has 0 aliphatic rings. The zero-order valence-electron chi connectivity index (χ0n) is 11.0. The molecule has 0 saturated heterocycles. The molecule has 1 rings (SSSR count). The highest BCUT2D eigenvalue weighted by atomic mass is 16.3. The van der Waals surface area contributed by atoms with Gasteiger partial charge >= 0.3 is 0 Å². The van der Waals surface area contributed by atoms with E-state index in [4.69, 9.17) is 0 Å². The third-order valence-corrected chi connectivity index (χ3v) is 2.74. The molecule has 0 aliphatic carbocycles. The van der Waals surface area contributed by atoms with Crippen LogP contribution in [0.5, 0.6) is 0 Å². The Morgan fingerprint density at radius 3 is 2.53 bits per heavy atom. The number of benzene rings is 1. The molecule has 0 saturated carbocycles. The second kappa shape index (κ2) is 7.25. The van der Waals surface area contributed by atoms with Crippen LogP contribution in [0.25, 0.3) is 6.08 Å². The SMILES string of the molecule is C/C(=C\c1ccccc1)CNCC(O)C(C)C. The quantitative estimate of drug-likeness (QED) is 0.792. The third-order valence-electron chi connectivity index (χ3n) is 2.74. The molecule has 0 fully saturated rings. The van der Waals surface area contributed by atoms with Crippen molar-refractivity contribution in [1.29, 1.82) is 0 Å². The molecular formula is C15H23NO. The van der Waals surface area contributed by atoms with Crippen LogP contribution >= 0.6 is 0 Å². The average molecular weight is 233 g/mol. The van der Waals surface area contributed by atoms with E-state index < -0.39 is 0 Å². The highest BCUT2D eigenvalue weighted by molar-refractivity contribution is 5.52. The van der Waals surface area contributed by atoms with E-state index in [1.54, 1.807) is 0 Å². The first-order chi connectivity index (χ1) is 8.09. The topological polar surface area (TPSA) is 32.3 Å². The van der Waals surface area contributed by atoms with Gasteiger partial charge in [0.05, 0.1) is 6.10 Å². The van der Waals surface area contributed by atoms with Crippen LogP contribution in [-0.2, 0) is 0 Å². The monoisotopic (exact) mass is 233 g/mol. The van der Waals surface area contributed by atoms with Gasteiger partial charge in [0.25, 0.3) is 0 Å². The van der Waals surface area contributed by atoms with Gasteiger partial charge in [-0.3, -0.25) is 0 Å². The zero-order valence-corrected chi connectivity index (χ0v) is 11.0. The number of aliphatic hydroxyl groups excluding tert-OH is 1. The third kappa shape index (κ3) is 5.66. The molecule has 0 heterocycles. The predicted molar refractivity (Wildman–Crippen MR) is 73.8 cm³/mol. The summed E-state index contributed by atoms with van der Waals surface area (Å²) < 4.78 is 0. The van der Waals surface area contributed by atoms with E-state index in [1.165, 1.54) is 11.1 Å². The van der Waals surface area contributed by atoms with Crippen LogP contribution in [0.15, 0.2) is 35.9 Å². The average Bonchev–Trinajstić information content (AvgIpc) is 2.30. The Morgan fingerprint density at radius 1 is 1.29 bits per heavy atom. The molecule has 1 aromatic carbocycles. The fourth-order valence-electron chi connectivity index (χ4n) is 1.54. The van der Waals surface area contributed by atoms with Gasteiger partial charge in [0.2, 0.25) is 0 Å². The molecule has 2 N–H and O–H groups in total. The van der Waals surface area contributed by atoms with Gasteiger partial charge < -0.3 is 10.4 Å². The van der Waals surface area contributed by atoms with E-state index in [0.29, 0.717) is 12.5 Å². The first kappa shape index (κ1) is 13.9. The molecule has 0 bridgehead atoms. The molecule has 0 radical (unpaired) electrons. The number of nitrogens with one attached hydrogen (secondary N) is 1. The lowest BCUT2D eigenvalue weighted by atomic mass is 10.1. The van der Waals surface area contributed by atoms with Gasteiger partial charge in [0, 0.05) is 13.1 Å². The first-order valence-corrected chi connectivity index (χ1v) is 6.20. The Morgan fingerprint density at radius 2 is 1.94 bits per heavy atom. The maximum atomic E-state index is 9.65. The normalized spacial score (nSPS) is 14.1. The van der Waals surface area contributed by atoms with Crippen LogP contribution in [0.3, 0.4) is 0 Å². The van der Waals surface area contributed by atoms with Gasteiger partial charge in [-0.15, -0.1) is 0 Å². The molecule has 1 atom stereocenters. The smallest absolute Gasteiger partial charge is 0.0687 e. The summed E-state index contributed by atoms with van der Waals surface area (Å²) in [5.41, 5.74) is 2.49. The molecule has 94 valence electrons. The summed E-state index contributed by atoms with van der Waals surface area (Å²) in [4.78, 5) is 0. The Kier molecular flexibility index (Phi) is 5.95. The molecule has 17 heavy (non-hydrogen) atoms. The second-order valence-corrected chi connectivity index (χ2v) is 4.84. The van der Waals surface area contributed by atoms with Crippen molar-refractivity contribution in [3.8, 4) is 0 Å². The first-order valence-electron chi connectivity index (χ1n) is 6.20. The van der Waals surface area contributed by atoms with Crippen LogP contribution in [-0.4, -0.2) is 24.3 Å². The van der Waals surface area contributed by atoms with Gasteiger partial charge in [-0.05, 0) is 18.4 Å². The van der Waals surface area contributed by atoms with Crippen LogP contribution in [0.1, 0.15) is 26.3 Å². The van der Waals surface area contributed by atoms with E-state index in [2.05, 4.69) is 30.4 Å². The summed E-state index contributed by atoms with van der Waals surface area (Å²) in [5.74, 6) is 0.306. The summed E-state index contributed by atoms with van der Waals surface area (Å²) in [7, 11) is 0. The zero-order chi connectivity index (χ0) is 12.7. The van der Waals surface area contributed by atoms with Crippen LogP contribution in [0.4, 0.5) is 0 Å². The Labute approximate surface area is 104 Å². The summed E-state index contributed by atoms with van der Waals surface area (Å²) in [5, 5.41) is 12.9.